The molecular formula is C11H17N3O2. The largest absolute Gasteiger partial charge is 0.471 e. The number of aromatic nitrogens is 2. The highest BCUT2D eigenvalue weighted by atomic mass is 16.5. The molecule has 1 aliphatic heterocycles. The van der Waals surface area contributed by atoms with E-state index in [2.05, 4.69) is 22.2 Å². The molecule has 16 heavy (non-hydrogen) atoms. The molecule has 1 aromatic heterocycles. The summed E-state index contributed by atoms with van der Waals surface area (Å²) >= 11 is 0. The maximum Gasteiger partial charge on any atom is 0.222 e. The van der Waals surface area contributed by atoms with Crippen LogP contribution >= 0.6 is 0 Å². The van der Waals surface area contributed by atoms with E-state index in [1.165, 1.54) is 6.33 Å². The Kier molecular flexibility index (Phi) is 3.56. The van der Waals surface area contributed by atoms with Gasteiger partial charge >= 0.3 is 0 Å². The van der Waals surface area contributed by atoms with Crippen molar-refractivity contribution in [2.24, 2.45) is 0 Å². The predicted molar refractivity (Wildman–Crippen MR) is 60.8 cm³/mol. The molecule has 88 valence electrons. The van der Waals surface area contributed by atoms with Gasteiger partial charge in [-0.1, -0.05) is 6.92 Å². The van der Waals surface area contributed by atoms with Crippen LogP contribution in [0.3, 0.4) is 0 Å². The van der Waals surface area contributed by atoms with Crippen molar-refractivity contribution in [1.82, 2.24) is 9.97 Å². The number of anilines is 1. The van der Waals surface area contributed by atoms with Crippen LogP contribution in [0.5, 0.6) is 5.88 Å². The molecule has 1 fully saturated rings. The maximum absolute atomic E-state index is 5.82. The highest BCUT2D eigenvalue weighted by molar-refractivity contribution is 5.48. The third kappa shape index (κ3) is 2.24. The minimum Gasteiger partial charge on any atom is -0.471 e. The van der Waals surface area contributed by atoms with Crippen molar-refractivity contribution < 1.29 is 9.47 Å². The molecule has 0 aliphatic carbocycles. The molecule has 5 heteroatoms. The Morgan fingerprint density at radius 3 is 3.06 bits per heavy atom. The SMILES string of the molecule is CCc1c(NC)ncnc1OC1CCOC1. The number of hydrogen-bond acceptors (Lipinski definition) is 5. The first-order valence-electron chi connectivity index (χ1n) is 5.61. The topological polar surface area (TPSA) is 56.3 Å². The standard InChI is InChI=1S/C11H17N3O2/c1-3-9-10(12-2)13-7-14-11(9)16-8-4-5-15-6-8/h7-8H,3-6H2,1-2H3,(H,12,13,14). The van der Waals surface area contributed by atoms with Crippen LogP contribution in [0.15, 0.2) is 6.33 Å². The summed E-state index contributed by atoms with van der Waals surface area (Å²) in [5, 5.41) is 3.05. The van der Waals surface area contributed by atoms with Gasteiger partial charge in [0.1, 0.15) is 18.2 Å². The Bertz CT molecular complexity index is 351. The molecule has 2 heterocycles. The zero-order valence-electron chi connectivity index (χ0n) is 9.69. The van der Waals surface area contributed by atoms with Gasteiger partial charge in [0.2, 0.25) is 5.88 Å². The van der Waals surface area contributed by atoms with Gasteiger partial charge < -0.3 is 14.8 Å². The van der Waals surface area contributed by atoms with Crippen molar-refractivity contribution in [2.45, 2.75) is 25.9 Å². The average molecular weight is 223 g/mol. The van der Waals surface area contributed by atoms with Crippen LogP contribution in [-0.4, -0.2) is 36.3 Å². The quantitative estimate of drug-likeness (QED) is 0.832. The van der Waals surface area contributed by atoms with Crippen LogP contribution in [-0.2, 0) is 11.2 Å². The Morgan fingerprint density at radius 1 is 1.56 bits per heavy atom. The molecule has 1 N–H and O–H groups in total. The molecule has 0 saturated carbocycles. The lowest BCUT2D eigenvalue weighted by atomic mass is 10.2. The Hall–Kier alpha value is -1.36. The minimum atomic E-state index is 0.130. The van der Waals surface area contributed by atoms with Gasteiger partial charge in [-0.3, -0.25) is 0 Å². The number of ether oxygens (including phenoxy) is 2. The van der Waals surface area contributed by atoms with Crippen molar-refractivity contribution in [3.05, 3.63) is 11.9 Å². The molecule has 0 amide bonds. The van der Waals surface area contributed by atoms with E-state index in [-0.39, 0.29) is 6.10 Å². The summed E-state index contributed by atoms with van der Waals surface area (Å²) in [6.45, 7) is 3.50. The fourth-order valence-corrected chi connectivity index (χ4v) is 1.80. The lowest BCUT2D eigenvalue weighted by Gasteiger charge is -2.15. The monoisotopic (exact) mass is 223 g/mol. The second-order valence-electron chi connectivity index (χ2n) is 3.71. The second kappa shape index (κ2) is 5.12. The van der Waals surface area contributed by atoms with Crippen LogP contribution in [0.25, 0.3) is 0 Å². The van der Waals surface area contributed by atoms with Crippen molar-refractivity contribution in [3.8, 4) is 5.88 Å². The molecule has 1 unspecified atom stereocenters. The molecule has 0 spiro atoms. The summed E-state index contributed by atoms with van der Waals surface area (Å²) in [6.07, 6.45) is 3.43. The summed E-state index contributed by atoms with van der Waals surface area (Å²) in [5.41, 5.74) is 1.02. The zero-order valence-corrected chi connectivity index (χ0v) is 9.69. The van der Waals surface area contributed by atoms with Gasteiger partial charge in [0, 0.05) is 13.5 Å². The number of nitrogens with one attached hydrogen (secondary N) is 1. The van der Waals surface area contributed by atoms with E-state index in [9.17, 15) is 0 Å². The van der Waals surface area contributed by atoms with E-state index in [1.807, 2.05) is 7.05 Å². The Labute approximate surface area is 95.2 Å². The number of hydrogen-bond donors (Lipinski definition) is 1. The molecule has 0 bridgehead atoms. The average Bonchev–Trinajstić information content (AvgIpc) is 2.81. The summed E-state index contributed by atoms with van der Waals surface area (Å²) in [4.78, 5) is 8.36. The van der Waals surface area contributed by atoms with E-state index in [4.69, 9.17) is 9.47 Å². The lowest BCUT2D eigenvalue weighted by Crippen LogP contribution is -2.18. The van der Waals surface area contributed by atoms with Gasteiger partial charge in [-0.05, 0) is 6.42 Å². The van der Waals surface area contributed by atoms with Gasteiger partial charge in [0.15, 0.2) is 0 Å². The first-order chi connectivity index (χ1) is 7.85. The van der Waals surface area contributed by atoms with Gasteiger partial charge in [-0.2, -0.15) is 0 Å². The van der Waals surface area contributed by atoms with E-state index < -0.39 is 0 Å². The molecule has 1 saturated heterocycles. The molecule has 1 aliphatic rings. The van der Waals surface area contributed by atoms with Crippen LogP contribution < -0.4 is 10.1 Å². The molecule has 2 rings (SSSR count). The lowest BCUT2D eigenvalue weighted by molar-refractivity contribution is 0.137. The number of nitrogens with zero attached hydrogens (tertiary/aromatic N) is 2. The second-order valence-corrected chi connectivity index (χ2v) is 3.71. The van der Waals surface area contributed by atoms with Crippen LogP contribution in [0.2, 0.25) is 0 Å². The van der Waals surface area contributed by atoms with Gasteiger partial charge in [-0.15, -0.1) is 0 Å². The van der Waals surface area contributed by atoms with Crippen molar-refractivity contribution in [1.29, 1.82) is 0 Å². The van der Waals surface area contributed by atoms with Gasteiger partial charge in [0.25, 0.3) is 0 Å². The summed E-state index contributed by atoms with van der Waals surface area (Å²) in [5.74, 6) is 1.52. The minimum absolute atomic E-state index is 0.130. The summed E-state index contributed by atoms with van der Waals surface area (Å²) in [7, 11) is 1.85. The van der Waals surface area contributed by atoms with Crippen molar-refractivity contribution in [2.75, 3.05) is 25.6 Å². The normalized spacial score (nSPS) is 19.8. The highest BCUT2D eigenvalue weighted by Crippen LogP contribution is 2.24. The van der Waals surface area contributed by atoms with Gasteiger partial charge in [0.05, 0.1) is 18.8 Å². The fourth-order valence-electron chi connectivity index (χ4n) is 1.80. The van der Waals surface area contributed by atoms with E-state index in [0.29, 0.717) is 12.5 Å². The fraction of sp³-hybridized carbons (Fsp3) is 0.636. The first kappa shape index (κ1) is 11.1. The molecule has 1 atom stereocenters. The predicted octanol–water partition coefficient (Wildman–Crippen LogP) is 1.25. The summed E-state index contributed by atoms with van der Waals surface area (Å²) < 4.78 is 11.1. The maximum atomic E-state index is 5.82. The zero-order chi connectivity index (χ0) is 11.4. The highest BCUT2D eigenvalue weighted by Gasteiger charge is 2.20. The van der Waals surface area contributed by atoms with Gasteiger partial charge in [-0.25, -0.2) is 9.97 Å². The van der Waals surface area contributed by atoms with E-state index >= 15 is 0 Å². The smallest absolute Gasteiger partial charge is 0.222 e. The van der Waals surface area contributed by atoms with E-state index in [0.717, 1.165) is 30.8 Å². The van der Waals surface area contributed by atoms with Crippen LogP contribution in [0, 0.1) is 0 Å². The van der Waals surface area contributed by atoms with Crippen molar-refractivity contribution in [3.63, 3.8) is 0 Å². The molecular weight excluding hydrogens is 206 g/mol. The number of rotatable bonds is 4. The summed E-state index contributed by atoms with van der Waals surface area (Å²) in [6, 6.07) is 0. The van der Waals surface area contributed by atoms with Crippen LogP contribution in [0.4, 0.5) is 5.82 Å². The van der Waals surface area contributed by atoms with Crippen LogP contribution in [0.1, 0.15) is 18.9 Å². The van der Waals surface area contributed by atoms with E-state index in [1.54, 1.807) is 0 Å². The molecule has 1 aromatic rings. The Morgan fingerprint density at radius 2 is 2.44 bits per heavy atom. The first-order valence-corrected chi connectivity index (χ1v) is 5.61. The third-order valence-electron chi connectivity index (χ3n) is 2.66. The third-order valence-corrected chi connectivity index (χ3v) is 2.66. The molecule has 5 nitrogen and oxygen atoms in total. The molecule has 0 aromatic carbocycles. The Balaban J connectivity index is 2.18. The molecule has 0 radical (unpaired) electrons. The van der Waals surface area contributed by atoms with Crippen molar-refractivity contribution >= 4 is 5.82 Å².